The van der Waals surface area contributed by atoms with Crippen LogP contribution in [0.15, 0.2) is 225 Å². The molecule has 0 saturated heterocycles. The van der Waals surface area contributed by atoms with Crippen molar-refractivity contribution in [1.29, 1.82) is 0 Å². The van der Waals surface area contributed by atoms with Gasteiger partial charge in [-0.3, -0.25) is 0 Å². The number of aromatic nitrogens is 8. The predicted octanol–water partition coefficient (Wildman–Crippen LogP) is 26.1. The zero-order chi connectivity index (χ0) is 84.4. The van der Waals surface area contributed by atoms with Crippen molar-refractivity contribution < 1.29 is 22.4 Å². The van der Waals surface area contributed by atoms with E-state index in [1.807, 2.05) is 24.6 Å². The number of fused-ring (bicyclic) bond motifs is 2. The molecular weight excluding hydrogens is 1370 g/mol. The van der Waals surface area contributed by atoms with Crippen molar-refractivity contribution in [3.8, 4) is 68.3 Å². The van der Waals surface area contributed by atoms with Gasteiger partial charge in [0.05, 0.1) is 22.4 Å². The molecule has 14 rings (SSSR count). The molecule has 6 aromatic carbocycles. The first-order valence-corrected chi connectivity index (χ1v) is 41.5. The number of nitrogens with zero attached hydrogens (tertiary/aromatic N) is 8. The molecule has 113 heavy (non-hydrogen) atoms. The summed E-state index contributed by atoms with van der Waals surface area (Å²) >= 11 is 0. The lowest BCUT2D eigenvalue weighted by Crippen LogP contribution is -2.32. The van der Waals surface area contributed by atoms with Gasteiger partial charge in [-0.25, -0.2) is 0 Å². The van der Waals surface area contributed by atoms with Crippen molar-refractivity contribution in [2.75, 3.05) is 0 Å². The van der Waals surface area contributed by atoms with E-state index in [1.165, 1.54) is 151 Å². The molecule has 0 aliphatic rings. The fourth-order valence-corrected chi connectivity index (χ4v) is 16.5. The van der Waals surface area contributed by atoms with Gasteiger partial charge in [0.1, 0.15) is 51.0 Å². The highest BCUT2D eigenvalue weighted by Crippen LogP contribution is 2.43. The molecule has 14 aromatic rings. The monoisotopic (exact) mass is 1510 g/mol. The topological polar surface area (TPSA) is 35.2 Å². The van der Waals surface area contributed by atoms with E-state index in [1.54, 1.807) is 6.20 Å². The van der Waals surface area contributed by atoms with Crippen LogP contribution in [0.4, 0.5) is 0 Å². The van der Waals surface area contributed by atoms with Crippen LogP contribution in [0.1, 0.15) is 265 Å². The number of rotatable bonds is 17. The highest BCUT2D eigenvalue weighted by Gasteiger charge is 2.31. The Morgan fingerprint density at radius 1 is 0.283 bits per heavy atom. The minimum atomic E-state index is -2.14. The quantitative estimate of drug-likeness (QED) is 0.0815. The van der Waals surface area contributed by atoms with Crippen LogP contribution in [-0.4, -0.2) is 18.3 Å². The molecule has 8 heterocycles. The van der Waals surface area contributed by atoms with Crippen LogP contribution in [0, 0.1) is 41.5 Å². The molecule has 8 heteroatoms. The lowest BCUT2D eigenvalue weighted by molar-refractivity contribution is -0.661. The Hall–Kier alpha value is -10.4. The summed E-state index contributed by atoms with van der Waals surface area (Å²) in [5.74, 6) is 4.13. The van der Waals surface area contributed by atoms with Crippen LogP contribution >= 0.6 is 0 Å². The van der Waals surface area contributed by atoms with E-state index in [0.29, 0.717) is 58.8 Å². The van der Waals surface area contributed by atoms with Gasteiger partial charge in [0, 0.05) is 86.7 Å². The van der Waals surface area contributed by atoms with Crippen LogP contribution in [-0.2, 0) is 28.2 Å². The lowest BCUT2D eigenvalue weighted by atomic mass is 9.92. The normalized spacial score (nSPS) is 12.2. The fourth-order valence-electron chi connectivity index (χ4n) is 16.5. The zero-order valence-corrected chi connectivity index (χ0v) is 73.1. The van der Waals surface area contributed by atoms with Gasteiger partial charge >= 0.3 is 0 Å². The molecule has 0 aliphatic heterocycles. The molecule has 8 nitrogen and oxygen atoms in total. The summed E-state index contributed by atoms with van der Waals surface area (Å²) in [5.41, 5.74) is 35.9. The van der Waals surface area contributed by atoms with E-state index in [2.05, 4.69) is 418 Å². The Kier molecular flexibility index (Phi) is 24.7. The smallest absolute Gasteiger partial charge is 0.229 e. The van der Waals surface area contributed by atoms with Gasteiger partial charge < -0.3 is 18.3 Å². The fraction of sp³-hybridized carbons (Fsp3) is 0.352. The van der Waals surface area contributed by atoms with E-state index in [4.69, 9.17) is 4.11 Å². The molecule has 0 spiro atoms. The van der Waals surface area contributed by atoms with Crippen molar-refractivity contribution in [2.45, 2.75) is 219 Å². The van der Waals surface area contributed by atoms with E-state index < -0.39 is 6.85 Å². The standard InChI is InChI=1S/C29H35N2.C27H31N2.C26H35N2.C23H29N2/c1-18(2)23-13-11-14-24(19(3)4)29(23)31-26-15-10-9-12-25(26)22(7)28(31)27-16-20(5)21(6)17-30(27)8;1-18(2)21-15-16-28(6)26(17-21)27-20(5)23-12-8-10-14-25(23)29(27)24-13-9-7-11-22(24)19(3)4;1-17(2)21-13-14-27(8)24(16-21)25-20(7)12-15-28(25)26-22(18(3)4)10-9-11-23(26)19(5)6;1-16(2)19-12-13-24(6)22(15-19)23-18(5)11-14-25(23)21-10-8-7-9-20(21)17(3)4/h9-19H,1-8H3;7-19H,1-6H3;9-19H,1-8H3;7-17H,1-6H3/q4*+1/i6D3;;;. The average Bonchev–Trinajstić information content (AvgIpc) is 1.58. The zero-order valence-electron chi connectivity index (χ0n) is 76.1. The molecule has 0 radical (unpaired) electrons. The third kappa shape index (κ3) is 17.1. The highest BCUT2D eigenvalue weighted by molar-refractivity contribution is 5.94. The summed E-state index contributed by atoms with van der Waals surface area (Å²) in [4.78, 5) is 0. The van der Waals surface area contributed by atoms with Crippen molar-refractivity contribution >= 4 is 21.8 Å². The number of aryl methyl sites for hydroxylation is 10. The van der Waals surface area contributed by atoms with Crippen molar-refractivity contribution in [1.82, 2.24) is 18.3 Å². The number of hydrogen-bond acceptors (Lipinski definition) is 0. The largest absolute Gasteiger partial charge is 0.311 e. The molecule has 0 atom stereocenters. The van der Waals surface area contributed by atoms with Crippen molar-refractivity contribution in [2.24, 2.45) is 28.2 Å². The lowest BCUT2D eigenvalue weighted by Gasteiger charge is -2.23. The van der Waals surface area contributed by atoms with Crippen LogP contribution in [0.5, 0.6) is 0 Å². The van der Waals surface area contributed by atoms with Gasteiger partial charge in [-0.1, -0.05) is 234 Å². The third-order valence-electron chi connectivity index (χ3n) is 23.2. The summed E-state index contributed by atoms with van der Waals surface area (Å²) in [6.07, 6.45) is 12.8. The summed E-state index contributed by atoms with van der Waals surface area (Å²) in [5, 5.41) is 2.53. The Morgan fingerprint density at radius 3 is 1.04 bits per heavy atom. The van der Waals surface area contributed by atoms with Gasteiger partial charge in [-0.15, -0.1) is 0 Å². The van der Waals surface area contributed by atoms with E-state index >= 15 is 0 Å². The van der Waals surface area contributed by atoms with Crippen molar-refractivity contribution in [3.63, 3.8) is 0 Å². The second kappa shape index (κ2) is 35.3. The summed E-state index contributed by atoms with van der Waals surface area (Å²) < 4.78 is 42.2. The second-order valence-electron chi connectivity index (χ2n) is 34.4. The Labute approximate surface area is 683 Å². The molecule has 586 valence electrons. The van der Waals surface area contributed by atoms with Gasteiger partial charge in [-0.2, -0.15) is 18.3 Å². The Balaban J connectivity index is 0.000000153. The first-order chi connectivity index (χ1) is 54.9. The maximum Gasteiger partial charge on any atom is 0.229 e. The second-order valence-corrected chi connectivity index (χ2v) is 34.4. The van der Waals surface area contributed by atoms with E-state index in [0.717, 1.165) is 17.0 Å². The summed E-state index contributed by atoms with van der Waals surface area (Å²) in [6, 6.07) is 68.6. The van der Waals surface area contributed by atoms with Gasteiger partial charge in [-0.05, 0) is 209 Å². The summed E-state index contributed by atoms with van der Waals surface area (Å²) in [7, 11) is 8.37. The number of hydrogen-bond donors (Lipinski definition) is 0. The molecular formula is C105H130N8+4. The van der Waals surface area contributed by atoms with E-state index in [-0.39, 0.29) is 0 Å². The first-order valence-electron chi connectivity index (χ1n) is 43.0. The van der Waals surface area contributed by atoms with Gasteiger partial charge in [0.25, 0.3) is 0 Å². The van der Waals surface area contributed by atoms with Crippen molar-refractivity contribution in [3.05, 3.63) is 309 Å². The molecule has 0 amide bonds. The third-order valence-corrected chi connectivity index (χ3v) is 23.2. The molecule has 0 aliphatic carbocycles. The van der Waals surface area contributed by atoms with E-state index in [9.17, 15) is 0 Å². The Bertz CT molecular complexity index is 5780. The van der Waals surface area contributed by atoms with Crippen LogP contribution in [0.2, 0.25) is 0 Å². The minimum absolute atomic E-state index is 0.358. The first kappa shape index (κ1) is 79.2. The maximum atomic E-state index is 7.96. The van der Waals surface area contributed by atoms with Crippen LogP contribution < -0.4 is 18.3 Å². The van der Waals surface area contributed by atoms with Crippen LogP contribution in [0.25, 0.3) is 90.1 Å². The van der Waals surface area contributed by atoms with Crippen LogP contribution in [0.3, 0.4) is 0 Å². The molecule has 0 bridgehead atoms. The molecule has 0 N–H and O–H groups in total. The number of pyridine rings is 4. The predicted molar refractivity (Wildman–Crippen MR) is 480 cm³/mol. The molecule has 0 unspecified atom stereocenters. The average molecular weight is 1510 g/mol. The molecule has 0 saturated carbocycles. The minimum Gasteiger partial charge on any atom is -0.311 e. The number of benzene rings is 6. The van der Waals surface area contributed by atoms with Gasteiger partial charge in [0.15, 0.2) is 24.8 Å². The molecule has 8 aromatic heterocycles. The van der Waals surface area contributed by atoms with Gasteiger partial charge in [0.2, 0.25) is 22.8 Å². The molecule has 0 fully saturated rings. The SMILES string of the molecule is Cc1c(-c2cc(C(C)C)cc[n+]2C)n(-c2ccccc2C(C)C)c2ccccc12.Cc1ccn(-c2c(C(C)C)cccc2C(C)C)c1-c1cc(C(C)C)cc[n+]1C.Cc1ccn(-c2ccccc2C(C)C)c1-c1cc(C(C)C)cc[n+]1C.[2H]C([2H])([2H])c1c[n+](C)c(-c2c(C)c3ccccc3n2-c2c(C(C)C)cccc2C(C)C)cc1C. The summed E-state index contributed by atoms with van der Waals surface area (Å²) in [6.45, 7) is 49.4. The highest BCUT2D eigenvalue weighted by atomic mass is 15.1. The number of para-hydroxylation sites is 6. The maximum absolute atomic E-state index is 7.96. The Morgan fingerprint density at radius 2 is 0.619 bits per heavy atom.